The summed E-state index contributed by atoms with van der Waals surface area (Å²) < 4.78 is 10.6. The van der Waals surface area contributed by atoms with Gasteiger partial charge in [-0.25, -0.2) is 0 Å². The minimum atomic E-state index is -0.0499. The number of hydrogen-bond acceptors (Lipinski definition) is 4. The zero-order chi connectivity index (χ0) is 16.2. The highest BCUT2D eigenvalue weighted by Gasteiger charge is 2.27. The minimum Gasteiger partial charge on any atom is -0.454 e. The van der Waals surface area contributed by atoms with Gasteiger partial charge in [0.2, 0.25) is 18.6 Å². The smallest absolute Gasteiger partial charge is 0.231 e. The van der Waals surface area contributed by atoms with E-state index in [1.165, 1.54) is 0 Å². The first kappa shape index (κ1) is 15.6. The lowest BCUT2D eigenvalue weighted by atomic mass is 9.95. The van der Waals surface area contributed by atoms with E-state index in [1.807, 2.05) is 17.9 Å². The van der Waals surface area contributed by atoms with E-state index in [1.54, 1.807) is 12.1 Å². The molecule has 6 heteroatoms. The maximum absolute atomic E-state index is 12.4. The molecule has 1 aromatic carbocycles. The molecule has 0 radical (unpaired) electrons. The van der Waals surface area contributed by atoms with Crippen molar-refractivity contribution < 1.29 is 19.1 Å². The number of piperidine rings is 1. The van der Waals surface area contributed by atoms with Gasteiger partial charge in [0.1, 0.15) is 0 Å². The average molecular weight is 318 g/mol. The summed E-state index contributed by atoms with van der Waals surface area (Å²) in [5, 5.41) is 2.93. The topological polar surface area (TPSA) is 67.9 Å². The van der Waals surface area contributed by atoms with Gasteiger partial charge in [0.25, 0.3) is 0 Å². The van der Waals surface area contributed by atoms with Crippen LogP contribution in [0.25, 0.3) is 0 Å². The van der Waals surface area contributed by atoms with E-state index in [0.717, 1.165) is 6.42 Å². The summed E-state index contributed by atoms with van der Waals surface area (Å²) in [6, 6.07) is 5.38. The number of likely N-dealkylation sites (tertiary alicyclic amines) is 1. The first-order valence-corrected chi connectivity index (χ1v) is 8.15. The van der Waals surface area contributed by atoms with Crippen molar-refractivity contribution in [2.45, 2.75) is 32.6 Å². The van der Waals surface area contributed by atoms with Crippen LogP contribution in [0, 0.1) is 5.92 Å². The fraction of sp³-hybridized carbons (Fsp3) is 0.529. The van der Waals surface area contributed by atoms with Gasteiger partial charge in [0.05, 0.1) is 0 Å². The summed E-state index contributed by atoms with van der Waals surface area (Å²) in [7, 11) is 0. The van der Waals surface area contributed by atoms with Crippen molar-refractivity contribution in [1.29, 1.82) is 0 Å². The Morgan fingerprint density at radius 3 is 2.70 bits per heavy atom. The van der Waals surface area contributed by atoms with Crippen LogP contribution in [-0.4, -0.2) is 36.6 Å². The number of fused-ring (bicyclic) bond motifs is 1. The van der Waals surface area contributed by atoms with Gasteiger partial charge in [-0.3, -0.25) is 9.59 Å². The Morgan fingerprint density at radius 1 is 1.22 bits per heavy atom. The third-order valence-corrected chi connectivity index (χ3v) is 4.32. The van der Waals surface area contributed by atoms with Crippen molar-refractivity contribution in [2.24, 2.45) is 5.92 Å². The van der Waals surface area contributed by atoms with Crippen LogP contribution in [0.2, 0.25) is 0 Å². The zero-order valence-electron chi connectivity index (χ0n) is 13.3. The SMILES string of the molecule is CCCC(=O)N1CCC(C(=O)Nc2ccc3c(c2)OCO3)CC1. The fourth-order valence-corrected chi connectivity index (χ4v) is 2.98. The summed E-state index contributed by atoms with van der Waals surface area (Å²) in [6.07, 6.45) is 2.88. The van der Waals surface area contributed by atoms with Crippen LogP contribution >= 0.6 is 0 Å². The van der Waals surface area contributed by atoms with Crippen molar-refractivity contribution in [1.82, 2.24) is 4.90 Å². The predicted molar refractivity (Wildman–Crippen MR) is 85.4 cm³/mol. The summed E-state index contributed by atoms with van der Waals surface area (Å²) >= 11 is 0. The highest BCUT2D eigenvalue weighted by atomic mass is 16.7. The molecule has 0 spiro atoms. The number of anilines is 1. The van der Waals surface area contributed by atoms with E-state index in [4.69, 9.17) is 9.47 Å². The molecule has 23 heavy (non-hydrogen) atoms. The van der Waals surface area contributed by atoms with E-state index in [2.05, 4.69) is 5.32 Å². The van der Waals surface area contributed by atoms with Crippen molar-refractivity contribution >= 4 is 17.5 Å². The van der Waals surface area contributed by atoms with Gasteiger partial charge in [0, 0.05) is 37.2 Å². The monoisotopic (exact) mass is 318 g/mol. The molecule has 2 amide bonds. The molecule has 2 heterocycles. The first-order valence-electron chi connectivity index (χ1n) is 8.15. The lowest BCUT2D eigenvalue weighted by Gasteiger charge is -2.31. The van der Waals surface area contributed by atoms with Crippen LogP contribution in [0.3, 0.4) is 0 Å². The van der Waals surface area contributed by atoms with E-state index >= 15 is 0 Å². The van der Waals surface area contributed by atoms with Crippen LogP contribution in [0.1, 0.15) is 32.6 Å². The number of benzene rings is 1. The fourth-order valence-electron chi connectivity index (χ4n) is 2.98. The maximum Gasteiger partial charge on any atom is 0.231 e. The lowest BCUT2D eigenvalue weighted by molar-refractivity contribution is -0.134. The summed E-state index contributed by atoms with van der Waals surface area (Å²) in [6.45, 7) is 3.55. The Labute approximate surface area is 135 Å². The average Bonchev–Trinajstić information content (AvgIpc) is 3.03. The molecular formula is C17H22N2O4. The van der Waals surface area contributed by atoms with Crippen LogP contribution in [-0.2, 0) is 9.59 Å². The summed E-state index contributed by atoms with van der Waals surface area (Å²) in [4.78, 5) is 26.1. The Hall–Kier alpha value is -2.24. The second-order valence-corrected chi connectivity index (χ2v) is 5.96. The number of nitrogens with zero attached hydrogens (tertiary/aromatic N) is 1. The molecule has 2 aliphatic heterocycles. The molecule has 0 atom stereocenters. The van der Waals surface area contributed by atoms with Gasteiger partial charge >= 0.3 is 0 Å². The van der Waals surface area contributed by atoms with Crippen molar-refractivity contribution in [3.05, 3.63) is 18.2 Å². The molecule has 0 saturated carbocycles. The quantitative estimate of drug-likeness (QED) is 0.925. The predicted octanol–water partition coefficient (Wildman–Crippen LogP) is 2.39. The molecule has 1 saturated heterocycles. The van der Waals surface area contributed by atoms with Crippen LogP contribution in [0.5, 0.6) is 11.5 Å². The van der Waals surface area contributed by atoms with Gasteiger partial charge in [-0.05, 0) is 31.4 Å². The molecule has 124 valence electrons. The number of hydrogen-bond donors (Lipinski definition) is 1. The molecule has 1 fully saturated rings. The third-order valence-electron chi connectivity index (χ3n) is 4.32. The number of carbonyl (C=O) groups excluding carboxylic acids is 2. The van der Waals surface area contributed by atoms with Gasteiger partial charge in [0.15, 0.2) is 11.5 Å². The molecule has 6 nitrogen and oxygen atoms in total. The first-order chi connectivity index (χ1) is 11.2. The number of amides is 2. The van der Waals surface area contributed by atoms with E-state index < -0.39 is 0 Å². The van der Waals surface area contributed by atoms with Gasteiger partial charge < -0.3 is 19.7 Å². The van der Waals surface area contributed by atoms with Crippen molar-refractivity contribution in [2.75, 3.05) is 25.2 Å². The van der Waals surface area contributed by atoms with E-state index in [0.29, 0.717) is 49.5 Å². The number of nitrogens with one attached hydrogen (secondary N) is 1. The van der Waals surface area contributed by atoms with Gasteiger partial charge in [-0.2, -0.15) is 0 Å². The second kappa shape index (κ2) is 6.89. The normalized spacial score (nSPS) is 17.2. The van der Waals surface area contributed by atoms with Crippen LogP contribution < -0.4 is 14.8 Å². The number of carbonyl (C=O) groups is 2. The maximum atomic E-state index is 12.4. The molecule has 0 aromatic heterocycles. The van der Waals surface area contributed by atoms with E-state index in [-0.39, 0.29) is 24.5 Å². The second-order valence-electron chi connectivity index (χ2n) is 5.96. The highest BCUT2D eigenvalue weighted by Crippen LogP contribution is 2.34. The Balaban J connectivity index is 1.53. The molecule has 1 N–H and O–H groups in total. The molecule has 3 rings (SSSR count). The number of rotatable bonds is 4. The van der Waals surface area contributed by atoms with E-state index in [9.17, 15) is 9.59 Å². The molecular weight excluding hydrogens is 296 g/mol. The molecule has 1 aromatic rings. The molecule has 2 aliphatic rings. The minimum absolute atomic E-state index is 0.00598. The van der Waals surface area contributed by atoms with Gasteiger partial charge in [-0.1, -0.05) is 6.92 Å². The number of ether oxygens (including phenoxy) is 2. The van der Waals surface area contributed by atoms with Crippen molar-refractivity contribution in [3.8, 4) is 11.5 Å². The Kier molecular flexibility index (Phi) is 4.69. The molecule has 0 aliphatic carbocycles. The lowest BCUT2D eigenvalue weighted by Crippen LogP contribution is -2.41. The molecule has 0 bridgehead atoms. The Bertz CT molecular complexity index is 594. The van der Waals surface area contributed by atoms with Crippen molar-refractivity contribution in [3.63, 3.8) is 0 Å². The van der Waals surface area contributed by atoms with Crippen LogP contribution in [0.4, 0.5) is 5.69 Å². The summed E-state index contributed by atoms with van der Waals surface area (Å²) in [5.41, 5.74) is 0.712. The highest BCUT2D eigenvalue weighted by molar-refractivity contribution is 5.93. The third kappa shape index (κ3) is 3.57. The molecule has 0 unspecified atom stereocenters. The Morgan fingerprint density at radius 2 is 1.96 bits per heavy atom. The largest absolute Gasteiger partial charge is 0.454 e. The van der Waals surface area contributed by atoms with Gasteiger partial charge in [-0.15, -0.1) is 0 Å². The zero-order valence-corrected chi connectivity index (χ0v) is 13.3. The van der Waals surface area contributed by atoms with Crippen LogP contribution in [0.15, 0.2) is 18.2 Å². The summed E-state index contributed by atoms with van der Waals surface area (Å²) in [5.74, 6) is 1.51. The standard InChI is InChI=1S/C17H22N2O4/c1-2-3-16(20)19-8-6-12(7-9-19)17(21)18-13-4-5-14-15(10-13)23-11-22-14/h4-5,10,12H,2-3,6-9,11H2,1H3,(H,18,21).